The van der Waals surface area contributed by atoms with Gasteiger partial charge in [0.25, 0.3) is 0 Å². The highest BCUT2D eigenvalue weighted by Crippen LogP contribution is 2.07. The Hall–Kier alpha value is -1.03. The second kappa shape index (κ2) is 5.00. The molecule has 5 heteroatoms. The second-order valence-electron chi connectivity index (χ2n) is 2.90. The average molecular weight is 217 g/mol. The van der Waals surface area contributed by atoms with Crippen LogP contribution >= 0.6 is 11.6 Å². The predicted octanol–water partition coefficient (Wildman–Crippen LogP) is 1.13. The fourth-order valence-electron chi connectivity index (χ4n) is 1.07. The van der Waals surface area contributed by atoms with Crippen molar-refractivity contribution in [3.63, 3.8) is 0 Å². The van der Waals surface area contributed by atoms with Crippen molar-refractivity contribution in [1.29, 1.82) is 0 Å². The first-order chi connectivity index (χ1) is 6.63. The highest BCUT2D eigenvalue weighted by atomic mass is 35.5. The molecule has 1 heterocycles. The number of halogens is 1. The zero-order chi connectivity index (χ0) is 10.6. The molecular weight excluding hydrogens is 204 g/mol. The van der Waals surface area contributed by atoms with E-state index in [-0.39, 0.29) is 5.97 Å². The molecule has 0 amide bonds. The normalized spacial score (nSPS) is 12.5. The van der Waals surface area contributed by atoms with Crippen molar-refractivity contribution in [3.05, 3.63) is 18.0 Å². The average Bonchev–Trinajstić information content (AvgIpc) is 2.51. The standard InChI is InChI=1S/C9H13ClN2O2/c1-3-14-9(13)8(10)6-7-4-5-12(2)11-7/h4-5,8H,3,6H2,1-2H3. The van der Waals surface area contributed by atoms with Crippen molar-refractivity contribution >= 4 is 17.6 Å². The van der Waals surface area contributed by atoms with Gasteiger partial charge in [-0.05, 0) is 13.0 Å². The Kier molecular flexibility index (Phi) is 3.95. The molecular formula is C9H13ClN2O2. The first kappa shape index (κ1) is 11.0. The molecule has 1 aromatic heterocycles. The van der Waals surface area contributed by atoms with Crippen LogP contribution in [0.3, 0.4) is 0 Å². The van der Waals surface area contributed by atoms with Gasteiger partial charge in [-0.25, -0.2) is 0 Å². The Bertz CT molecular complexity index is 312. The molecule has 4 nitrogen and oxygen atoms in total. The van der Waals surface area contributed by atoms with Crippen LogP contribution in [0.25, 0.3) is 0 Å². The lowest BCUT2D eigenvalue weighted by molar-refractivity contribution is -0.142. The number of ether oxygens (including phenoxy) is 1. The van der Waals surface area contributed by atoms with E-state index in [0.717, 1.165) is 5.69 Å². The third-order valence-electron chi connectivity index (χ3n) is 1.70. The van der Waals surface area contributed by atoms with Gasteiger partial charge in [-0.1, -0.05) is 0 Å². The smallest absolute Gasteiger partial charge is 0.324 e. The number of esters is 1. The number of alkyl halides is 1. The second-order valence-corrected chi connectivity index (χ2v) is 3.43. The fourth-order valence-corrected chi connectivity index (χ4v) is 1.29. The number of rotatable bonds is 4. The van der Waals surface area contributed by atoms with Gasteiger partial charge >= 0.3 is 5.97 Å². The van der Waals surface area contributed by atoms with E-state index in [1.807, 2.05) is 19.3 Å². The zero-order valence-corrected chi connectivity index (χ0v) is 8.99. The number of aryl methyl sites for hydroxylation is 1. The Balaban J connectivity index is 2.48. The Morgan fingerprint density at radius 2 is 2.50 bits per heavy atom. The molecule has 0 aliphatic rings. The fraction of sp³-hybridized carbons (Fsp3) is 0.556. The van der Waals surface area contributed by atoms with E-state index in [0.29, 0.717) is 13.0 Å². The van der Waals surface area contributed by atoms with Crippen molar-refractivity contribution in [3.8, 4) is 0 Å². The maximum Gasteiger partial charge on any atom is 0.324 e. The van der Waals surface area contributed by atoms with Gasteiger partial charge < -0.3 is 4.74 Å². The predicted molar refractivity (Wildman–Crippen MR) is 53.2 cm³/mol. The van der Waals surface area contributed by atoms with Crippen molar-refractivity contribution in [1.82, 2.24) is 9.78 Å². The summed E-state index contributed by atoms with van der Waals surface area (Å²) in [6.45, 7) is 2.10. The lowest BCUT2D eigenvalue weighted by atomic mass is 10.2. The van der Waals surface area contributed by atoms with E-state index in [2.05, 4.69) is 5.10 Å². The zero-order valence-electron chi connectivity index (χ0n) is 8.24. The highest BCUT2D eigenvalue weighted by Gasteiger charge is 2.17. The summed E-state index contributed by atoms with van der Waals surface area (Å²) in [4.78, 5) is 11.2. The Morgan fingerprint density at radius 1 is 1.79 bits per heavy atom. The number of hydrogen-bond donors (Lipinski definition) is 0. The van der Waals surface area contributed by atoms with Crippen LogP contribution in [-0.4, -0.2) is 27.7 Å². The van der Waals surface area contributed by atoms with Crippen LogP contribution < -0.4 is 0 Å². The number of aromatic nitrogens is 2. The monoisotopic (exact) mass is 216 g/mol. The Morgan fingerprint density at radius 3 is 3.00 bits per heavy atom. The minimum Gasteiger partial charge on any atom is -0.465 e. The van der Waals surface area contributed by atoms with E-state index >= 15 is 0 Å². The first-order valence-electron chi connectivity index (χ1n) is 4.42. The van der Waals surface area contributed by atoms with Gasteiger partial charge in [-0.3, -0.25) is 9.48 Å². The molecule has 0 aliphatic carbocycles. The van der Waals surface area contributed by atoms with Crippen LogP contribution in [-0.2, 0) is 23.0 Å². The molecule has 0 bridgehead atoms. The van der Waals surface area contributed by atoms with Crippen LogP contribution in [0.4, 0.5) is 0 Å². The summed E-state index contributed by atoms with van der Waals surface area (Å²) in [5.41, 5.74) is 0.792. The summed E-state index contributed by atoms with van der Waals surface area (Å²) in [5, 5.41) is 3.47. The summed E-state index contributed by atoms with van der Waals surface area (Å²) in [5.74, 6) is -0.389. The number of hydrogen-bond acceptors (Lipinski definition) is 3. The molecule has 0 saturated carbocycles. The quantitative estimate of drug-likeness (QED) is 0.560. The minimum atomic E-state index is -0.648. The largest absolute Gasteiger partial charge is 0.465 e. The SMILES string of the molecule is CCOC(=O)C(Cl)Cc1ccn(C)n1. The van der Waals surface area contributed by atoms with Gasteiger partial charge in [0.05, 0.1) is 12.3 Å². The van der Waals surface area contributed by atoms with Crippen LogP contribution in [0.15, 0.2) is 12.3 Å². The molecule has 14 heavy (non-hydrogen) atoms. The molecule has 0 saturated heterocycles. The molecule has 0 spiro atoms. The van der Waals surface area contributed by atoms with Crippen molar-refractivity contribution in [2.24, 2.45) is 7.05 Å². The van der Waals surface area contributed by atoms with Crippen LogP contribution in [0, 0.1) is 0 Å². The first-order valence-corrected chi connectivity index (χ1v) is 4.86. The van der Waals surface area contributed by atoms with Gasteiger partial charge in [0.15, 0.2) is 0 Å². The third-order valence-corrected chi connectivity index (χ3v) is 2.03. The van der Waals surface area contributed by atoms with Gasteiger partial charge in [-0.2, -0.15) is 5.10 Å². The van der Waals surface area contributed by atoms with E-state index in [1.54, 1.807) is 11.6 Å². The number of carbonyl (C=O) groups is 1. The van der Waals surface area contributed by atoms with E-state index in [9.17, 15) is 4.79 Å². The third kappa shape index (κ3) is 3.03. The van der Waals surface area contributed by atoms with Crippen molar-refractivity contribution < 1.29 is 9.53 Å². The molecule has 78 valence electrons. The summed E-state index contributed by atoms with van der Waals surface area (Å²) in [6.07, 6.45) is 2.21. The van der Waals surface area contributed by atoms with E-state index < -0.39 is 5.38 Å². The van der Waals surface area contributed by atoms with E-state index in [4.69, 9.17) is 16.3 Å². The van der Waals surface area contributed by atoms with Crippen molar-refractivity contribution in [2.75, 3.05) is 6.61 Å². The molecule has 0 fully saturated rings. The lowest BCUT2D eigenvalue weighted by Gasteiger charge is -2.06. The maximum absolute atomic E-state index is 11.2. The van der Waals surface area contributed by atoms with E-state index in [1.165, 1.54) is 0 Å². The summed E-state index contributed by atoms with van der Waals surface area (Å²) in [6, 6.07) is 1.83. The molecule has 1 unspecified atom stereocenters. The van der Waals surface area contributed by atoms with Gasteiger partial charge in [0.1, 0.15) is 5.38 Å². The summed E-state index contributed by atoms with van der Waals surface area (Å²) in [7, 11) is 1.82. The van der Waals surface area contributed by atoms with Gasteiger partial charge in [0.2, 0.25) is 0 Å². The molecule has 0 aromatic carbocycles. The molecule has 1 rings (SSSR count). The molecule has 1 atom stereocenters. The maximum atomic E-state index is 11.2. The number of nitrogens with zero attached hydrogens (tertiary/aromatic N) is 2. The number of carbonyl (C=O) groups excluding carboxylic acids is 1. The van der Waals surface area contributed by atoms with Gasteiger partial charge in [0, 0.05) is 19.7 Å². The summed E-state index contributed by atoms with van der Waals surface area (Å²) >= 11 is 5.83. The topological polar surface area (TPSA) is 44.1 Å². The summed E-state index contributed by atoms with van der Waals surface area (Å²) < 4.78 is 6.45. The van der Waals surface area contributed by atoms with Crippen LogP contribution in [0.5, 0.6) is 0 Å². The molecule has 0 radical (unpaired) electrons. The van der Waals surface area contributed by atoms with Crippen LogP contribution in [0.2, 0.25) is 0 Å². The molecule has 0 N–H and O–H groups in total. The lowest BCUT2D eigenvalue weighted by Crippen LogP contribution is -2.20. The van der Waals surface area contributed by atoms with Crippen LogP contribution in [0.1, 0.15) is 12.6 Å². The molecule has 1 aromatic rings. The van der Waals surface area contributed by atoms with Crippen molar-refractivity contribution in [2.45, 2.75) is 18.7 Å². The Labute approximate surface area is 87.8 Å². The molecule has 0 aliphatic heterocycles. The highest BCUT2D eigenvalue weighted by molar-refractivity contribution is 6.30. The van der Waals surface area contributed by atoms with Gasteiger partial charge in [-0.15, -0.1) is 11.6 Å². The minimum absolute atomic E-state index is 0.351.